The van der Waals surface area contributed by atoms with Crippen molar-refractivity contribution in [3.8, 4) is 0 Å². The molecule has 0 saturated carbocycles. The van der Waals surface area contributed by atoms with Crippen molar-refractivity contribution in [1.82, 2.24) is 0 Å². The maximum absolute atomic E-state index is 9.10. The van der Waals surface area contributed by atoms with Crippen LogP contribution in [-0.4, -0.2) is 33.7 Å². The largest absolute Gasteiger partial charge is 0.428 e. The van der Waals surface area contributed by atoms with Gasteiger partial charge in [-0.05, 0) is 10.8 Å². The molecule has 0 aromatic heterocycles. The van der Waals surface area contributed by atoms with Gasteiger partial charge in [0, 0.05) is 0 Å². The highest BCUT2D eigenvalue weighted by Gasteiger charge is 2.19. The van der Waals surface area contributed by atoms with Crippen LogP contribution in [0.5, 0.6) is 0 Å². The fourth-order valence-corrected chi connectivity index (χ4v) is 1.09. The van der Waals surface area contributed by atoms with E-state index in [0.29, 0.717) is 13.2 Å². The molecule has 90 valence electrons. The Balaban J connectivity index is 3.84. The molecule has 0 aliphatic heterocycles. The number of hydrogen-bond donors (Lipinski definition) is 1. The van der Waals surface area contributed by atoms with Crippen LogP contribution in [0.15, 0.2) is 0 Å². The number of rotatable bonds is 5. The standard InChI is InChI=1S/C11H24O3Si/c1-10(2,3)7-13-9(15-12)14-8-11(4,5)6/h9,12H,7-8H2,1-6H3. The van der Waals surface area contributed by atoms with Crippen molar-refractivity contribution in [3.63, 3.8) is 0 Å². The molecule has 0 bridgehead atoms. The van der Waals surface area contributed by atoms with Gasteiger partial charge in [0.25, 0.3) is 9.76 Å². The van der Waals surface area contributed by atoms with Crippen LogP contribution in [-0.2, 0) is 9.47 Å². The van der Waals surface area contributed by atoms with E-state index in [1.807, 2.05) is 0 Å². The third-order valence-electron chi connectivity index (χ3n) is 1.44. The smallest absolute Gasteiger partial charge is 0.295 e. The zero-order valence-corrected chi connectivity index (χ0v) is 11.8. The summed E-state index contributed by atoms with van der Waals surface area (Å²) in [6.07, 6.45) is 0. The first-order valence-corrected chi connectivity index (χ1v) is 6.29. The van der Waals surface area contributed by atoms with Crippen molar-refractivity contribution in [2.45, 2.75) is 47.5 Å². The molecule has 1 N–H and O–H groups in total. The fourth-order valence-electron chi connectivity index (χ4n) is 0.774. The summed E-state index contributed by atoms with van der Waals surface area (Å²) >= 11 is 0. The van der Waals surface area contributed by atoms with E-state index in [9.17, 15) is 0 Å². The Bertz CT molecular complexity index is 152. The van der Waals surface area contributed by atoms with Crippen molar-refractivity contribution >= 4 is 9.76 Å². The maximum Gasteiger partial charge on any atom is 0.295 e. The van der Waals surface area contributed by atoms with Crippen molar-refractivity contribution in [1.29, 1.82) is 0 Å². The first-order valence-electron chi connectivity index (χ1n) is 5.27. The lowest BCUT2D eigenvalue weighted by Crippen LogP contribution is -2.31. The van der Waals surface area contributed by atoms with Gasteiger partial charge in [0.15, 0.2) is 5.91 Å². The Hall–Kier alpha value is 0.0969. The zero-order valence-electron chi connectivity index (χ0n) is 10.8. The molecule has 0 aliphatic carbocycles. The van der Waals surface area contributed by atoms with E-state index in [1.165, 1.54) is 0 Å². The van der Waals surface area contributed by atoms with Gasteiger partial charge in [-0.25, -0.2) is 0 Å². The summed E-state index contributed by atoms with van der Waals surface area (Å²) in [5.41, 5.74) is 0.200. The summed E-state index contributed by atoms with van der Waals surface area (Å²) in [6, 6.07) is 0. The van der Waals surface area contributed by atoms with Crippen LogP contribution in [0.4, 0.5) is 0 Å². The predicted molar refractivity (Wildman–Crippen MR) is 62.6 cm³/mol. The molecule has 0 fully saturated rings. The van der Waals surface area contributed by atoms with E-state index in [-0.39, 0.29) is 20.6 Å². The third-order valence-corrected chi connectivity index (χ3v) is 1.99. The lowest BCUT2D eigenvalue weighted by Gasteiger charge is -2.25. The van der Waals surface area contributed by atoms with Gasteiger partial charge < -0.3 is 14.3 Å². The van der Waals surface area contributed by atoms with Crippen molar-refractivity contribution < 1.29 is 14.3 Å². The summed E-state index contributed by atoms with van der Waals surface area (Å²) in [4.78, 5) is 9.10. The zero-order chi connectivity index (χ0) is 12.1. The van der Waals surface area contributed by atoms with E-state index >= 15 is 0 Å². The molecule has 15 heavy (non-hydrogen) atoms. The molecule has 2 radical (unpaired) electrons. The van der Waals surface area contributed by atoms with Gasteiger partial charge in [0.2, 0.25) is 0 Å². The minimum atomic E-state index is -0.469. The predicted octanol–water partition coefficient (Wildman–Crippen LogP) is 2.01. The molecule has 3 nitrogen and oxygen atoms in total. The molecule has 0 rings (SSSR count). The molecule has 4 heteroatoms. The molecule has 0 unspecified atom stereocenters. The molecular formula is C11H24O3Si. The second-order valence-electron chi connectivity index (χ2n) is 6.20. The second-order valence-corrected chi connectivity index (χ2v) is 6.93. The highest BCUT2D eigenvalue weighted by atomic mass is 28.2. The van der Waals surface area contributed by atoms with E-state index in [1.54, 1.807) is 0 Å². The molecule has 0 atom stereocenters. The first kappa shape index (κ1) is 15.1. The van der Waals surface area contributed by atoms with Crippen LogP contribution in [0.3, 0.4) is 0 Å². The van der Waals surface area contributed by atoms with E-state index in [0.717, 1.165) is 0 Å². The molecule has 0 saturated heterocycles. The maximum atomic E-state index is 9.10. The van der Waals surface area contributed by atoms with Gasteiger partial charge in [-0.3, -0.25) is 0 Å². The highest BCUT2D eigenvalue weighted by Crippen LogP contribution is 2.17. The average molecular weight is 232 g/mol. The minimum Gasteiger partial charge on any atom is -0.428 e. The van der Waals surface area contributed by atoms with Crippen LogP contribution in [0, 0.1) is 10.8 Å². The summed E-state index contributed by atoms with van der Waals surface area (Å²) < 4.78 is 11.0. The third kappa shape index (κ3) is 10.4. The normalized spacial score (nSPS) is 13.6. The molecule has 0 spiro atoms. The summed E-state index contributed by atoms with van der Waals surface area (Å²) in [6.45, 7) is 13.7. The van der Waals surface area contributed by atoms with E-state index < -0.39 is 5.91 Å². The van der Waals surface area contributed by atoms with Crippen LogP contribution in [0.1, 0.15) is 41.5 Å². The Morgan fingerprint density at radius 3 is 1.47 bits per heavy atom. The lowest BCUT2D eigenvalue weighted by atomic mass is 9.99. The van der Waals surface area contributed by atoms with Gasteiger partial charge in [0.1, 0.15) is 0 Å². The SMILES string of the molecule is CC(C)(C)COC(OCC(C)(C)C)[Si]O. The highest BCUT2D eigenvalue weighted by molar-refractivity contribution is 6.26. The van der Waals surface area contributed by atoms with Gasteiger partial charge in [-0.15, -0.1) is 0 Å². The second kappa shape index (κ2) is 5.99. The Labute approximate surface area is 96.1 Å². The van der Waals surface area contributed by atoms with Gasteiger partial charge in [-0.2, -0.15) is 0 Å². The van der Waals surface area contributed by atoms with Crippen LogP contribution < -0.4 is 0 Å². The Kier molecular flexibility index (Phi) is 6.03. The van der Waals surface area contributed by atoms with Gasteiger partial charge in [0.05, 0.1) is 13.2 Å². The summed E-state index contributed by atoms with van der Waals surface area (Å²) in [5, 5.41) is 0. The topological polar surface area (TPSA) is 38.7 Å². The summed E-state index contributed by atoms with van der Waals surface area (Å²) in [7, 11) is -0.324. The summed E-state index contributed by atoms with van der Waals surface area (Å²) in [5.74, 6) is -0.469. The quantitative estimate of drug-likeness (QED) is 0.582. The van der Waals surface area contributed by atoms with Gasteiger partial charge >= 0.3 is 0 Å². The molecule has 0 aliphatic rings. The monoisotopic (exact) mass is 232 g/mol. The lowest BCUT2D eigenvalue weighted by molar-refractivity contribution is -0.127. The molecule has 0 aromatic rings. The van der Waals surface area contributed by atoms with E-state index in [2.05, 4.69) is 41.5 Å². The fraction of sp³-hybridized carbons (Fsp3) is 1.00. The average Bonchev–Trinajstić information content (AvgIpc) is 2.00. The van der Waals surface area contributed by atoms with Crippen LogP contribution >= 0.6 is 0 Å². The number of ether oxygens (including phenoxy) is 2. The number of hydrogen-bond acceptors (Lipinski definition) is 3. The van der Waals surface area contributed by atoms with Crippen LogP contribution in [0.2, 0.25) is 0 Å². The molecule has 0 amide bonds. The van der Waals surface area contributed by atoms with Crippen LogP contribution in [0.25, 0.3) is 0 Å². The first-order chi connectivity index (χ1) is 6.64. The minimum absolute atomic E-state index is 0.100. The van der Waals surface area contributed by atoms with Gasteiger partial charge in [-0.1, -0.05) is 41.5 Å². The molecule has 0 heterocycles. The molecule has 0 aromatic carbocycles. The van der Waals surface area contributed by atoms with Crippen molar-refractivity contribution in [2.24, 2.45) is 10.8 Å². The van der Waals surface area contributed by atoms with Crippen molar-refractivity contribution in [2.75, 3.05) is 13.2 Å². The Morgan fingerprint density at radius 1 is 0.933 bits per heavy atom. The van der Waals surface area contributed by atoms with Crippen molar-refractivity contribution in [3.05, 3.63) is 0 Å². The van der Waals surface area contributed by atoms with E-state index in [4.69, 9.17) is 14.3 Å². The molecular weight excluding hydrogens is 208 g/mol. The Morgan fingerprint density at radius 2 is 1.27 bits per heavy atom.